The SMILES string of the molecule is [2H]C([2H])([2H])C(Oc1ccc(CC(=O)Nc2cc(C)cc(C)c2)cc1)(C(=O)O)C([2H])([2H])[2H]. The van der Waals surface area contributed by atoms with Crippen molar-refractivity contribution in [3.8, 4) is 5.75 Å². The van der Waals surface area contributed by atoms with E-state index in [0.717, 1.165) is 11.1 Å². The van der Waals surface area contributed by atoms with Gasteiger partial charge < -0.3 is 15.2 Å². The number of hydrogen-bond donors (Lipinski definition) is 2. The maximum Gasteiger partial charge on any atom is 0.347 e. The van der Waals surface area contributed by atoms with Gasteiger partial charge >= 0.3 is 5.97 Å². The van der Waals surface area contributed by atoms with Crippen molar-refractivity contribution in [3.05, 3.63) is 59.2 Å². The highest BCUT2D eigenvalue weighted by atomic mass is 16.5. The number of carboxylic acid groups (broad SMARTS) is 1. The molecule has 0 aliphatic rings. The molecule has 1 amide bonds. The molecule has 0 atom stereocenters. The molecular weight excluding hydrogens is 318 g/mol. The van der Waals surface area contributed by atoms with Crippen LogP contribution in [-0.4, -0.2) is 22.6 Å². The number of ether oxygens (including phenoxy) is 1. The van der Waals surface area contributed by atoms with Crippen LogP contribution in [0.3, 0.4) is 0 Å². The first kappa shape index (κ1) is 11.7. The zero-order chi connectivity index (χ0) is 23.6. The number of rotatable bonds is 6. The molecule has 25 heavy (non-hydrogen) atoms. The second-order valence-corrected chi connectivity index (χ2v) is 5.83. The van der Waals surface area contributed by atoms with Crippen molar-refractivity contribution in [2.24, 2.45) is 0 Å². The van der Waals surface area contributed by atoms with Crippen LogP contribution in [0.25, 0.3) is 0 Å². The maximum absolute atomic E-state index is 12.3. The number of amides is 1. The summed E-state index contributed by atoms with van der Waals surface area (Å²) in [6, 6.07) is 11.0. The lowest BCUT2D eigenvalue weighted by Crippen LogP contribution is -2.37. The van der Waals surface area contributed by atoms with Crippen LogP contribution >= 0.6 is 0 Å². The van der Waals surface area contributed by atoms with Gasteiger partial charge in [0.2, 0.25) is 5.91 Å². The maximum atomic E-state index is 12.3. The molecule has 0 aliphatic carbocycles. The Morgan fingerprint density at radius 1 is 1.12 bits per heavy atom. The van der Waals surface area contributed by atoms with Crippen molar-refractivity contribution in [1.82, 2.24) is 0 Å². The van der Waals surface area contributed by atoms with Crippen molar-refractivity contribution < 1.29 is 27.7 Å². The molecule has 0 fully saturated rings. The van der Waals surface area contributed by atoms with Crippen LogP contribution < -0.4 is 10.1 Å². The number of benzene rings is 2. The molecule has 0 spiro atoms. The van der Waals surface area contributed by atoms with E-state index in [1.807, 2.05) is 32.0 Å². The van der Waals surface area contributed by atoms with Crippen molar-refractivity contribution in [1.29, 1.82) is 0 Å². The predicted octanol–water partition coefficient (Wildman–Crippen LogP) is 3.73. The molecule has 2 aromatic carbocycles. The summed E-state index contributed by atoms with van der Waals surface area (Å²) in [5, 5.41) is 12.2. The van der Waals surface area contributed by atoms with E-state index in [0.29, 0.717) is 11.3 Å². The average molecular weight is 347 g/mol. The molecule has 5 nitrogen and oxygen atoms in total. The third-order valence-electron chi connectivity index (χ3n) is 3.37. The van der Waals surface area contributed by atoms with Gasteiger partial charge in [0, 0.05) is 13.9 Å². The summed E-state index contributed by atoms with van der Waals surface area (Å²) in [5.74, 6) is -2.67. The lowest BCUT2D eigenvalue weighted by Gasteiger charge is -2.21. The van der Waals surface area contributed by atoms with Gasteiger partial charge in [-0.3, -0.25) is 4.79 Å². The van der Waals surface area contributed by atoms with Crippen LogP contribution in [0.4, 0.5) is 5.69 Å². The van der Waals surface area contributed by atoms with Crippen molar-refractivity contribution in [2.45, 2.75) is 39.6 Å². The lowest BCUT2D eigenvalue weighted by molar-refractivity contribution is -0.152. The van der Waals surface area contributed by atoms with Gasteiger partial charge in [-0.25, -0.2) is 4.79 Å². The highest BCUT2D eigenvalue weighted by Crippen LogP contribution is 2.20. The van der Waals surface area contributed by atoms with Crippen LogP contribution in [0.5, 0.6) is 5.75 Å². The lowest BCUT2D eigenvalue weighted by atomic mass is 10.1. The van der Waals surface area contributed by atoms with E-state index >= 15 is 0 Å². The molecule has 0 bridgehead atoms. The van der Waals surface area contributed by atoms with Gasteiger partial charge in [0.1, 0.15) is 5.75 Å². The highest BCUT2D eigenvalue weighted by Gasteiger charge is 2.29. The molecule has 2 N–H and O–H groups in total. The van der Waals surface area contributed by atoms with Gasteiger partial charge in [-0.2, -0.15) is 0 Å². The average Bonchev–Trinajstić information content (AvgIpc) is 2.57. The molecule has 0 saturated heterocycles. The molecule has 0 saturated carbocycles. The van der Waals surface area contributed by atoms with E-state index in [9.17, 15) is 14.7 Å². The van der Waals surface area contributed by atoms with Gasteiger partial charge in [-0.1, -0.05) is 18.2 Å². The fourth-order valence-corrected chi connectivity index (χ4v) is 2.33. The summed E-state index contributed by atoms with van der Waals surface area (Å²) in [5.41, 5.74) is -0.228. The minimum atomic E-state index is -3.46. The van der Waals surface area contributed by atoms with Crippen molar-refractivity contribution in [2.75, 3.05) is 5.32 Å². The van der Waals surface area contributed by atoms with Crippen LogP contribution in [0.1, 0.15) is 38.6 Å². The zero-order valence-corrected chi connectivity index (χ0v) is 13.9. The normalized spacial score (nSPS) is 15.6. The van der Waals surface area contributed by atoms with E-state index < -0.39 is 25.3 Å². The quantitative estimate of drug-likeness (QED) is 0.835. The number of aliphatic carboxylic acids is 1. The summed E-state index contributed by atoms with van der Waals surface area (Å²) >= 11 is 0. The molecule has 132 valence electrons. The second-order valence-electron chi connectivity index (χ2n) is 5.83. The Kier molecular flexibility index (Phi) is 3.45. The number of nitrogens with one attached hydrogen (secondary N) is 1. The second kappa shape index (κ2) is 7.38. The zero-order valence-electron chi connectivity index (χ0n) is 19.9. The Balaban J connectivity index is 2.18. The summed E-state index contributed by atoms with van der Waals surface area (Å²) < 4.78 is 49.8. The molecule has 2 rings (SSSR count). The Hall–Kier alpha value is -2.82. The Bertz CT molecular complexity index is 933. The van der Waals surface area contributed by atoms with Crippen LogP contribution in [0.15, 0.2) is 42.5 Å². The van der Waals surface area contributed by atoms with Gasteiger partial charge in [0.15, 0.2) is 5.60 Å². The van der Waals surface area contributed by atoms with Crippen LogP contribution in [0, 0.1) is 13.8 Å². The molecule has 0 heterocycles. The fraction of sp³-hybridized carbons (Fsp3) is 0.300. The molecule has 0 radical (unpaired) electrons. The molecule has 2 aromatic rings. The number of hydrogen-bond acceptors (Lipinski definition) is 3. The molecule has 0 aromatic heterocycles. The van der Waals surface area contributed by atoms with Crippen LogP contribution in [-0.2, 0) is 16.0 Å². The number of aryl methyl sites for hydroxylation is 2. The number of carbonyl (C=O) groups excluding carboxylic acids is 1. The Labute approximate surface area is 156 Å². The summed E-state index contributed by atoms with van der Waals surface area (Å²) in [6.45, 7) is -3.10. The third kappa shape index (κ3) is 5.35. The van der Waals surface area contributed by atoms with E-state index in [1.54, 1.807) is 0 Å². The Morgan fingerprint density at radius 2 is 1.72 bits per heavy atom. The monoisotopic (exact) mass is 347 g/mol. The van der Waals surface area contributed by atoms with Gasteiger partial charge in [-0.15, -0.1) is 0 Å². The van der Waals surface area contributed by atoms with Crippen LogP contribution in [0.2, 0.25) is 0 Å². The molecule has 0 aliphatic heterocycles. The van der Waals surface area contributed by atoms with Gasteiger partial charge in [0.05, 0.1) is 6.42 Å². The highest BCUT2D eigenvalue weighted by molar-refractivity contribution is 5.92. The predicted molar refractivity (Wildman–Crippen MR) is 97.0 cm³/mol. The van der Waals surface area contributed by atoms with Gasteiger partial charge in [-0.05, 0) is 68.5 Å². The number of carboxylic acids is 1. The number of anilines is 1. The Morgan fingerprint density at radius 3 is 2.24 bits per heavy atom. The fourth-order valence-electron chi connectivity index (χ4n) is 2.33. The first-order valence-electron chi connectivity index (χ1n) is 10.6. The summed E-state index contributed by atoms with van der Waals surface area (Å²) in [6.07, 6.45) is -0.00408. The minimum Gasteiger partial charge on any atom is -0.478 e. The summed E-state index contributed by atoms with van der Waals surface area (Å²) in [4.78, 5) is 24.0. The van der Waals surface area contributed by atoms with Gasteiger partial charge in [0.25, 0.3) is 0 Å². The first-order valence-corrected chi connectivity index (χ1v) is 7.55. The largest absolute Gasteiger partial charge is 0.478 e. The number of carbonyl (C=O) groups is 2. The van der Waals surface area contributed by atoms with E-state index in [-0.39, 0.29) is 18.1 Å². The van der Waals surface area contributed by atoms with Crippen molar-refractivity contribution in [3.63, 3.8) is 0 Å². The van der Waals surface area contributed by atoms with E-state index in [1.165, 1.54) is 24.3 Å². The van der Waals surface area contributed by atoms with E-state index in [4.69, 9.17) is 13.0 Å². The molecule has 5 heteroatoms. The topological polar surface area (TPSA) is 75.6 Å². The first-order chi connectivity index (χ1) is 14.2. The van der Waals surface area contributed by atoms with Crippen molar-refractivity contribution >= 4 is 17.6 Å². The third-order valence-corrected chi connectivity index (χ3v) is 3.37. The summed E-state index contributed by atoms with van der Waals surface area (Å²) in [7, 11) is 0. The smallest absolute Gasteiger partial charge is 0.347 e. The van der Waals surface area contributed by atoms with E-state index in [2.05, 4.69) is 5.32 Å². The minimum absolute atomic E-state index is 0.00408. The molecular formula is C20H23NO4. The molecule has 0 unspecified atom stereocenters. The standard InChI is InChI=1S/C20H23NO4/c1-13-9-14(2)11-16(10-13)21-18(22)12-15-5-7-17(8-6-15)25-20(3,4)19(23)24/h5-11H,12H2,1-4H3,(H,21,22)(H,23,24)/i3D3,4D3.